The molecule has 0 aliphatic rings. The van der Waals surface area contributed by atoms with Crippen molar-refractivity contribution in [3.8, 4) is 5.69 Å². The van der Waals surface area contributed by atoms with Crippen molar-refractivity contribution in [2.24, 2.45) is 0 Å². The van der Waals surface area contributed by atoms with E-state index in [0.717, 1.165) is 17.8 Å². The minimum absolute atomic E-state index is 0.253. The topological polar surface area (TPSA) is 43.8 Å². The number of nitrogens with two attached hydrogens (primary N) is 1. The fourth-order valence-electron chi connectivity index (χ4n) is 1.50. The number of rotatable bonds is 2. The molecular formula is C11H12FN3. The number of anilines is 1. The highest BCUT2D eigenvalue weighted by molar-refractivity contribution is 5.38. The van der Waals surface area contributed by atoms with Gasteiger partial charge in [0.05, 0.1) is 5.69 Å². The summed E-state index contributed by atoms with van der Waals surface area (Å²) in [6.07, 6.45) is 0.835. The van der Waals surface area contributed by atoms with Gasteiger partial charge in [0.25, 0.3) is 0 Å². The van der Waals surface area contributed by atoms with Gasteiger partial charge in [-0.1, -0.05) is 6.92 Å². The molecule has 2 rings (SSSR count). The zero-order valence-electron chi connectivity index (χ0n) is 8.44. The van der Waals surface area contributed by atoms with Crippen LogP contribution >= 0.6 is 0 Å². The Kier molecular flexibility index (Phi) is 2.41. The number of nitrogen functional groups attached to an aromatic ring is 1. The first-order chi connectivity index (χ1) is 7.20. The van der Waals surface area contributed by atoms with Crippen molar-refractivity contribution in [1.29, 1.82) is 0 Å². The number of aryl methyl sites for hydroxylation is 1. The van der Waals surface area contributed by atoms with Crippen LogP contribution in [-0.4, -0.2) is 9.78 Å². The van der Waals surface area contributed by atoms with Gasteiger partial charge in [-0.2, -0.15) is 5.10 Å². The molecule has 2 aromatic rings. The van der Waals surface area contributed by atoms with Gasteiger partial charge in [-0.3, -0.25) is 0 Å². The van der Waals surface area contributed by atoms with E-state index in [0.29, 0.717) is 5.82 Å². The molecule has 0 unspecified atom stereocenters. The minimum atomic E-state index is -0.253. The maximum atomic E-state index is 12.7. The van der Waals surface area contributed by atoms with Crippen molar-refractivity contribution in [1.82, 2.24) is 9.78 Å². The van der Waals surface area contributed by atoms with Gasteiger partial charge in [0.1, 0.15) is 11.6 Å². The van der Waals surface area contributed by atoms with Crippen molar-refractivity contribution < 1.29 is 4.39 Å². The second-order valence-electron chi connectivity index (χ2n) is 3.30. The molecule has 0 saturated carbocycles. The van der Waals surface area contributed by atoms with Gasteiger partial charge in [0, 0.05) is 11.8 Å². The number of halogens is 1. The van der Waals surface area contributed by atoms with Gasteiger partial charge in [-0.25, -0.2) is 9.07 Å². The second kappa shape index (κ2) is 3.73. The van der Waals surface area contributed by atoms with Crippen LogP contribution in [0.1, 0.15) is 12.6 Å². The van der Waals surface area contributed by atoms with Gasteiger partial charge < -0.3 is 5.73 Å². The average molecular weight is 205 g/mol. The lowest BCUT2D eigenvalue weighted by Gasteiger charge is -2.04. The summed E-state index contributed by atoms with van der Waals surface area (Å²) in [5.41, 5.74) is 7.45. The van der Waals surface area contributed by atoms with E-state index in [1.807, 2.05) is 13.0 Å². The lowest BCUT2D eigenvalue weighted by Crippen LogP contribution is -2.01. The van der Waals surface area contributed by atoms with Crippen molar-refractivity contribution in [3.05, 3.63) is 41.8 Å². The molecule has 15 heavy (non-hydrogen) atoms. The number of aromatic nitrogens is 2. The highest BCUT2D eigenvalue weighted by Gasteiger charge is 2.05. The Hall–Kier alpha value is -1.84. The molecule has 1 aromatic carbocycles. The Morgan fingerprint density at radius 2 is 2.00 bits per heavy atom. The lowest BCUT2D eigenvalue weighted by atomic mass is 10.3. The van der Waals surface area contributed by atoms with Crippen LogP contribution in [0.25, 0.3) is 5.69 Å². The van der Waals surface area contributed by atoms with Crippen molar-refractivity contribution in [2.75, 3.05) is 5.73 Å². The van der Waals surface area contributed by atoms with Crippen LogP contribution < -0.4 is 5.73 Å². The molecular weight excluding hydrogens is 193 g/mol. The predicted molar refractivity (Wildman–Crippen MR) is 57.3 cm³/mol. The SMILES string of the molecule is CCc1cc(N)nn1-c1ccc(F)cc1. The number of benzene rings is 1. The molecule has 0 bridgehead atoms. The van der Waals surface area contributed by atoms with Crippen molar-refractivity contribution >= 4 is 5.82 Å². The van der Waals surface area contributed by atoms with E-state index in [1.165, 1.54) is 12.1 Å². The van der Waals surface area contributed by atoms with E-state index in [9.17, 15) is 4.39 Å². The summed E-state index contributed by atoms with van der Waals surface area (Å²) in [5, 5.41) is 4.15. The molecule has 0 spiro atoms. The number of hydrogen-bond donors (Lipinski definition) is 1. The summed E-state index contributed by atoms with van der Waals surface area (Å²) in [7, 11) is 0. The summed E-state index contributed by atoms with van der Waals surface area (Å²) >= 11 is 0. The fourth-order valence-corrected chi connectivity index (χ4v) is 1.50. The first-order valence-electron chi connectivity index (χ1n) is 4.81. The summed E-state index contributed by atoms with van der Waals surface area (Å²) in [4.78, 5) is 0. The number of nitrogens with zero attached hydrogens (tertiary/aromatic N) is 2. The molecule has 3 nitrogen and oxygen atoms in total. The Balaban J connectivity index is 2.48. The van der Waals surface area contributed by atoms with E-state index in [2.05, 4.69) is 5.10 Å². The van der Waals surface area contributed by atoms with Crippen molar-refractivity contribution in [2.45, 2.75) is 13.3 Å². The zero-order chi connectivity index (χ0) is 10.8. The maximum absolute atomic E-state index is 12.7. The van der Waals surface area contributed by atoms with E-state index >= 15 is 0 Å². The third-order valence-corrected chi connectivity index (χ3v) is 2.24. The molecule has 1 heterocycles. The number of hydrogen-bond acceptors (Lipinski definition) is 2. The smallest absolute Gasteiger partial charge is 0.146 e. The summed E-state index contributed by atoms with van der Waals surface area (Å²) in [6.45, 7) is 2.02. The molecule has 0 amide bonds. The van der Waals surface area contributed by atoms with Gasteiger partial charge in [-0.15, -0.1) is 0 Å². The first kappa shape index (κ1) is 9.71. The summed E-state index contributed by atoms with van der Waals surface area (Å²) in [6, 6.07) is 8.00. The Morgan fingerprint density at radius 3 is 2.60 bits per heavy atom. The monoisotopic (exact) mass is 205 g/mol. The Bertz CT molecular complexity index is 459. The van der Waals surface area contributed by atoms with Crippen LogP contribution in [-0.2, 0) is 6.42 Å². The third-order valence-electron chi connectivity index (χ3n) is 2.24. The first-order valence-corrected chi connectivity index (χ1v) is 4.81. The zero-order valence-corrected chi connectivity index (χ0v) is 8.44. The Morgan fingerprint density at radius 1 is 1.33 bits per heavy atom. The molecule has 4 heteroatoms. The van der Waals surface area contributed by atoms with E-state index in [4.69, 9.17) is 5.73 Å². The summed E-state index contributed by atoms with van der Waals surface area (Å²) in [5.74, 6) is 0.230. The van der Waals surface area contributed by atoms with Crippen LogP contribution in [0.15, 0.2) is 30.3 Å². The standard InChI is InChI=1S/C11H12FN3/c1-2-9-7-11(13)14-15(9)10-5-3-8(12)4-6-10/h3-7H,2H2,1H3,(H2,13,14). The summed E-state index contributed by atoms with van der Waals surface area (Å²) < 4.78 is 14.5. The molecule has 0 radical (unpaired) electrons. The van der Waals surface area contributed by atoms with Gasteiger partial charge in [-0.05, 0) is 30.7 Å². The van der Waals surface area contributed by atoms with Crippen molar-refractivity contribution in [3.63, 3.8) is 0 Å². The average Bonchev–Trinajstić information content (AvgIpc) is 2.61. The molecule has 0 aliphatic carbocycles. The second-order valence-corrected chi connectivity index (χ2v) is 3.30. The van der Waals surface area contributed by atoms with Gasteiger partial charge >= 0.3 is 0 Å². The highest BCUT2D eigenvalue weighted by Crippen LogP contribution is 2.14. The van der Waals surface area contributed by atoms with Crippen LogP contribution in [0.2, 0.25) is 0 Å². The Labute approximate surface area is 87.3 Å². The normalized spacial score (nSPS) is 10.5. The molecule has 0 fully saturated rings. The third kappa shape index (κ3) is 1.83. The molecule has 0 atom stereocenters. The minimum Gasteiger partial charge on any atom is -0.382 e. The van der Waals surface area contributed by atoms with Crippen LogP contribution in [0, 0.1) is 5.82 Å². The fraction of sp³-hybridized carbons (Fsp3) is 0.182. The quantitative estimate of drug-likeness (QED) is 0.816. The molecule has 0 aliphatic heterocycles. The van der Waals surface area contributed by atoms with Crippen LogP contribution in [0.5, 0.6) is 0 Å². The molecule has 2 N–H and O–H groups in total. The maximum Gasteiger partial charge on any atom is 0.146 e. The van der Waals surface area contributed by atoms with E-state index in [-0.39, 0.29) is 5.82 Å². The largest absolute Gasteiger partial charge is 0.382 e. The van der Waals surface area contributed by atoms with Gasteiger partial charge in [0.15, 0.2) is 0 Å². The molecule has 1 aromatic heterocycles. The molecule has 78 valence electrons. The van der Waals surface area contributed by atoms with Crippen LogP contribution in [0.3, 0.4) is 0 Å². The highest BCUT2D eigenvalue weighted by atomic mass is 19.1. The van der Waals surface area contributed by atoms with Gasteiger partial charge in [0.2, 0.25) is 0 Å². The lowest BCUT2D eigenvalue weighted by molar-refractivity contribution is 0.626. The predicted octanol–water partition coefficient (Wildman–Crippen LogP) is 2.16. The van der Waals surface area contributed by atoms with E-state index < -0.39 is 0 Å². The van der Waals surface area contributed by atoms with E-state index in [1.54, 1.807) is 16.8 Å². The molecule has 0 saturated heterocycles. The van der Waals surface area contributed by atoms with Crippen LogP contribution in [0.4, 0.5) is 10.2 Å².